The molecule has 2 saturated carbocycles. The molecule has 0 bridgehead atoms. The molecule has 2 aliphatic rings. The molecule has 4 heteroatoms. The summed E-state index contributed by atoms with van der Waals surface area (Å²) < 4.78 is 0. The van der Waals surface area contributed by atoms with Crippen molar-refractivity contribution in [2.24, 2.45) is 11.3 Å². The van der Waals surface area contributed by atoms with Crippen molar-refractivity contribution in [3.05, 3.63) is 0 Å². The Balaban J connectivity index is 1.84. The van der Waals surface area contributed by atoms with Gasteiger partial charge in [-0.25, -0.2) is 0 Å². The number of carbonyl (C=O) groups excluding carboxylic acids is 1. The van der Waals surface area contributed by atoms with Gasteiger partial charge in [-0.2, -0.15) is 0 Å². The zero-order chi connectivity index (χ0) is 13.9. The highest BCUT2D eigenvalue weighted by molar-refractivity contribution is 5.85. The van der Waals surface area contributed by atoms with Gasteiger partial charge in [-0.15, -0.1) is 0 Å². The summed E-state index contributed by atoms with van der Waals surface area (Å²) in [6, 6.07) is 0.307. The van der Waals surface area contributed by atoms with Gasteiger partial charge in [0.1, 0.15) is 0 Å². The summed E-state index contributed by atoms with van der Waals surface area (Å²) in [5.74, 6) is -0.225. The van der Waals surface area contributed by atoms with Crippen molar-refractivity contribution in [3.63, 3.8) is 0 Å². The molecule has 0 aromatic heterocycles. The average molecular weight is 267 g/mol. The summed E-state index contributed by atoms with van der Waals surface area (Å²) in [7, 11) is 0. The fourth-order valence-corrected chi connectivity index (χ4v) is 3.37. The van der Waals surface area contributed by atoms with E-state index in [4.69, 9.17) is 0 Å². The summed E-state index contributed by atoms with van der Waals surface area (Å²) in [4.78, 5) is 23.5. The minimum absolute atomic E-state index is 0.0621. The van der Waals surface area contributed by atoms with Crippen molar-refractivity contribution in [3.8, 4) is 0 Å². The fraction of sp³-hybridized carbons (Fsp3) is 0.867. The van der Waals surface area contributed by atoms with Crippen LogP contribution in [0.3, 0.4) is 0 Å². The number of carbonyl (C=O) groups is 2. The lowest BCUT2D eigenvalue weighted by atomic mass is 9.71. The van der Waals surface area contributed by atoms with Crippen LogP contribution in [-0.4, -0.2) is 23.0 Å². The second kappa shape index (κ2) is 5.93. The lowest BCUT2D eigenvalue weighted by molar-refractivity contribution is -0.154. The third-order valence-electron chi connectivity index (χ3n) is 4.69. The van der Waals surface area contributed by atoms with Crippen LogP contribution in [-0.2, 0) is 9.59 Å². The van der Waals surface area contributed by atoms with E-state index < -0.39 is 11.4 Å². The smallest absolute Gasteiger partial charge is 0.310 e. The van der Waals surface area contributed by atoms with Gasteiger partial charge in [-0.3, -0.25) is 9.59 Å². The van der Waals surface area contributed by atoms with Crippen LogP contribution in [0.1, 0.15) is 64.7 Å². The van der Waals surface area contributed by atoms with Crippen LogP contribution in [0.15, 0.2) is 0 Å². The lowest BCUT2D eigenvalue weighted by Crippen LogP contribution is -2.40. The molecule has 1 amide bonds. The maximum atomic E-state index is 12.0. The van der Waals surface area contributed by atoms with Crippen molar-refractivity contribution in [2.75, 3.05) is 0 Å². The van der Waals surface area contributed by atoms with E-state index in [-0.39, 0.29) is 12.3 Å². The second-order valence-corrected chi connectivity index (χ2v) is 6.28. The Hall–Kier alpha value is -1.06. The molecule has 108 valence electrons. The summed E-state index contributed by atoms with van der Waals surface area (Å²) in [6.07, 6.45) is 7.81. The largest absolute Gasteiger partial charge is 0.481 e. The highest BCUT2D eigenvalue weighted by atomic mass is 16.4. The molecule has 2 rings (SSSR count). The zero-order valence-electron chi connectivity index (χ0n) is 11.8. The number of aliphatic carboxylic acids is 1. The van der Waals surface area contributed by atoms with Crippen LogP contribution < -0.4 is 5.32 Å². The molecule has 0 aromatic rings. The van der Waals surface area contributed by atoms with E-state index in [0.29, 0.717) is 24.8 Å². The Morgan fingerprint density at radius 1 is 1.26 bits per heavy atom. The minimum atomic E-state index is -0.794. The first-order valence-corrected chi connectivity index (χ1v) is 7.60. The number of hydrogen-bond acceptors (Lipinski definition) is 2. The molecule has 2 N–H and O–H groups in total. The minimum Gasteiger partial charge on any atom is -0.481 e. The summed E-state index contributed by atoms with van der Waals surface area (Å²) in [6.45, 7) is 2.15. The second-order valence-electron chi connectivity index (χ2n) is 6.28. The third kappa shape index (κ3) is 3.48. The standard InChI is InChI=1S/C15H25NO3/c1-2-6-11-9-12(11)16-13(17)10-15(14(18)19)7-4-3-5-8-15/h11-12H,2-10H2,1H3,(H,16,17)(H,18,19). The number of amides is 1. The van der Waals surface area contributed by atoms with Crippen LogP contribution in [0, 0.1) is 11.3 Å². The summed E-state index contributed by atoms with van der Waals surface area (Å²) in [5, 5.41) is 12.5. The summed E-state index contributed by atoms with van der Waals surface area (Å²) >= 11 is 0. The van der Waals surface area contributed by atoms with Crippen LogP contribution in [0.25, 0.3) is 0 Å². The van der Waals surface area contributed by atoms with Crippen molar-refractivity contribution in [1.82, 2.24) is 5.32 Å². The Bertz CT molecular complexity index is 347. The van der Waals surface area contributed by atoms with E-state index in [1.165, 1.54) is 0 Å². The first-order valence-electron chi connectivity index (χ1n) is 7.60. The Kier molecular flexibility index (Phi) is 4.48. The predicted octanol–water partition coefficient (Wildman–Crippen LogP) is 2.72. The molecule has 0 saturated heterocycles. The Morgan fingerprint density at radius 3 is 2.53 bits per heavy atom. The fourth-order valence-electron chi connectivity index (χ4n) is 3.37. The molecule has 0 aromatic carbocycles. The Labute approximate surface area is 115 Å². The van der Waals surface area contributed by atoms with Gasteiger partial charge in [-0.1, -0.05) is 32.6 Å². The van der Waals surface area contributed by atoms with Crippen molar-refractivity contribution < 1.29 is 14.7 Å². The zero-order valence-corrected chi connectivity index (χ0v) is 11.8. The molecule has 0 spiro atoms. The van der Waals surface area contributed by atoms with Crippen molar-refractivity contribution in [1.29, 1.82) is 0 Å². The van der Waals surface area contributed by atoms with Crippen LogP contribution in [0.5, 0.6) is 0 Å². The van der Waals surface area contributed by atoms with E-state index in [0.717, 1.165) is 38.5 Å². The lowest BCUT2D eigenvalue weighted by Gasteiger charge is -2.32. The van der Waals surface area contributed by atoms with Crippen LogP contribution >= 0.6 is 0 Å². The highest BCUT2D eigenvalue weighted by Gasteiger charge is 2.43. The van der Waals surface area contributed by atoms with Gasteiger partial charge in [-0.05, 0) is 31.6 Å². The monoisotopic (exact) mass is 267 g/mol. The first kappa shape index (κ1) is 14.4. The average Bonchev–Trinajstić information content (AvgIpc) is 3.08. The number of rotatable bonds is 6. The van der Waals surface area contributed by atoms with Gasteiger partial charge in [0, 0.05) is 12.5 Å². The van der Waals surface area contributed by atoms with Gasteiger partial charge in [0.15, 0.2) is 0 Å². The van der Waals surface area contributed by atoms with Crippen LogP contribution in [0.2, 0.25) is 0 Å². The summed E-state index contributed by atoms with van der Waals surface area (Å²) in [5.41, 5.74) is -0.794. The molecule has 2 unspecified atom stereocenters. The molecule has 2 fully saturated rings. The molecule has 4 nitrogen and oxygen atoms in total. The van der Waals surface area contributed by atoms with Crippen LogP contribution in [0.4, 0.5) is 0 Å². The topological polar surface area (TPSA) is 66.4 Å². The van der Waals surface area contributed by atoms with Gasteiger partial charge in [0.2, 0.25) is 5.91 Å². The number of carboxylic acids is 1. The predicted molar refractivity (Wildman–Crippen MR) is 72.7 cm³/mol. The van der Waals surface area contributed by atoms with E-state index in [1.54, 1.807) is 0 Å². The number of carboxylic acid groups (broad SMARTS) is 1. The van der Waals surface area contributed by atoms with E-state index in [2.05, 4.69) is 12.2 Å². The molecule has 0 heterocycles. The molecule has 0 aliphatic heterocycles. The van der Waals surface area contributed by atoms with Gasteiger partial charge in [0.05, 0.1) is 5.41 Å². The van der Waals surface area contributed by atoms with E-state index >= 15 is 0 Å². The van der Waals surface area contributed by atoms with Crippen molar-refractivity contribution in [2.45, 2.75) is 70.8 Å². The van der Waals surface area contributed by atoms with Crippen molar-refractivity contribution >= 4 is 11.9 Å². The molecular formula is C15H25NO3. The van der Waals surface area contributed by atoms with Gasteiger partial charge >= 0.3 is 5.97 Å². The SMILES string of the molecule is CCCC1CC1NC(=O)CC1(C(=O)O)CCCCC1. The number of nitrogens with one attached hydrogen (secondary N) is 1. The van der Waals surface area contributed by atoms with E-state index in [1.807, 2.05) is 0 Å². The quantitative estimate of drug-likeness (QED) is 0.777. The molecule has 0 radical (unpaired) electrons. The maximum Gasteiger partial charge on any atom is 0.310 e. The first-order chi connectivity index (χ1) is 9.07. The van der Waals surface area contributed by atoms with Gasteiger partial charge in [0.25, 0.3) is 0 Å². The molecule has 2 aliphatic carbocycles. The molecule has 19 heavy (non-hydrogen) atoms. The normalized spacial score (nSPS) is 28.7. The highest BCUT2D eigenvalue weighted by Crippen LogP contribution is 2.40. The molecular weight excluding hydrogens is 242 g/mol. The van der Waals surface area contributed by atoms with Gasteiger partial charge < -0.3 is 10.4 Å². The molecule has 2 atom stereocenters. The maximum absolute atomic E-state index is 12.0. The third-order valence-corrected chi connectivity index (χ3v) is 4.69. The van der Waals surface area contributed by atoms with E-state index in [9.17, 15) is 14.7 Å². The Morgan fingerprint density at radius 2 is 1.95 bits per heavy atom. The number of hydrogen-bond donors (Lipinski definition) is 2.